The van der Waals surface area contributed by atoms with Crippen molar-refractivity contribution in [3.63, 3.8) is 0 Å². The highest BCUT2D eigenvalue weighted by Crippen LogP contribution is 2.34. The molecule has 0 aliphatic rings. The van der Waals surface area contributed by atoms with E-state index in [1.165, 1.54) is 17.8 Å². The Bertz CT molecular complexity index is 1580. The third kappa shape index (κ3) is 4.86. The van der Waals surface area contributed by atoms with Crippen LogP contribution in [0.1, 0.15) is 16.8 Å². The molecule has 0 saturated heterocycles. The molecular formula is C24H21ClN4O3S2. The van der Waals surface area contributed by atoms with Crippen molar-refractivity contribution in [1.82, 2.24) is 9.78 Å². The monoisotopic (exact) mass is 512 g/mol. The Morgan fingerprint density at radius 3 is 2.41 bits per heavy atom. The van der Waals surface area contributed by atoms with Crippen LogP contribution in [0.4, 0.5) is 0 Å². The zero-order chi connectivity index (χ0) is 24.5. The van der Waals surface area contributed by atoms with Crippen LogP contribution in [0.5, 0.6) is 0 Å². The molecule has 0 saturated carbocycles. The predicted octanol–water partition coefficient (Wildman–Crippen LogP) is 4.51. The van der Waals surface area contributed by atoms with Gasteiger partial charge in [-0.1, -0.05) is 60.1 Å². The van der Waals surface area contributed by atoms with E-state index in [1.54, 1.807) is 44.2 Å². The smallest absolute Gasteiger partial charge is 0.286 e. The molecule has 1 aromatic heterocycles. The second kappa shape index (κ2) is 9.61. The molecule has 0 amide bonds. The summed E-state index contributed by atoms with van der Waals surface area (Å²) in [6, 6.07) is 19.6. The second-order valence-electron chi connectivity index (χ2n) is 7.59. The number of nitrogens with zero attached hydrogens (tertiary/aromatic N) is 3. The Labute approximate surface area is 206 Å². The Balaban J connectivity index is 1.77. The average molecular weight is 513 g/mol. The number of aromatic nitrogens is 2. The summed E-state index contributed by atoms with van der Waals surface area (Å²) < 4.78 is 31.2. The van der Waals surface area contributed by atoms with Crippen molar-refractivity contribution >= 4 is 50.1 Å². The molecule has 0 spiro atoms. The van der Waals surface area contributed by atoms with Crippen molar-refractivity contribution in [2.75, 3.05) is 0 Å². The van der Waals surface area contributed by atoms with Gasteiger partial charge in [0.1, 0.15) is 4.90 Å². The van der Waals surface area contributed by atoms with Crippen molar-refractivity contribution in [3.8, 4) is 0 Å². The minimum Gasteiger partial charge on any atom is -0.367 e. The lowest BCUT2D eigenvalue weighted by Crippen LogP contribution is -2.36. The number of hydrogen-bond donors (Lipinski definition) is 1. The lowest BCUT2D eigenvalue weighted by molar-refractivity contribution is 0.595. The van der Waals surface area contributed by atoms with Crippen LogP contribution in [0, 0.1) is 13.8 Å². The molecule has 174 valence electrons. The van der Waals surface area contributed by atoms with E-state index < -0.39 is 21.5 Å². The van der Waals surface area contributed by atoms with E-state index in [0.717, 1.165) is 10.2 Å². The molecule has 4 rings (SSSR count). The van der Waals surface area contributed by atoms with E-state index in [4.69, 9.17) is 17.3 Å². The molecule has 0 radical (unpaired) electrons. The first-order valence-corrected chi connectivity index (χ1v) is 13.0. The second-order valence-corrected chi connectivity index (χ2v) is 10.6. The van der Waals surface area contributed by atoms with E-state index in [9.17, 15) is 13.2 Å². The number of aryl methyl sites for hydroxylation is 2. The largest absolute Gasteiger partial charge is 0.367 e. The van der Waals surface area contributed by atoms with Crippen LogP contribution in [-0.2, 0) is 15.8 Å². The standard InChI is InChI=1S/C24H21ClN4O3S2/c1-15-12-22(21(13-20(15)25)33-14-17-8-4-3-5-9-17)34(31,32)28-24(26)29-23(30)19-11-7-6-10-18(19)16(2)27-29/h3-13H,14H2,1-2H3,(H2,26,28). The number of nitrogens with two attached hydrogens (primary N) is 1. The fourth-order valence-corrected chi connectivity index (χ4v) is 6.10. The summed E-state index contributed by atoms with van der Waals surface area (Å²) in [5, 5.41) is 5.63. The van der Waals surface area contributed by atoms with Gasteiger partial charge in [-0.25, -0.2) is 0 Å². The first-order chi connectivity index (χ1) is 16.2. The lowest BCUT2D eigenvalue weighted by Gasteiger charge is -2.12. The fourth-order valence-electron chi connectivity index (χ4n) is 3.40. The minimum absolute atomic E-state index is 0.0381. The Kier molecular flexibility index (Phi) is 6.79. The maximum Gasteiger partial charge on any atom is 0.286 e. The van der Waals surface area contributed by atoms with Crippen LogP contribution in [0.2, 0.25) is 5.02 Å². The van der Waals surface area contributed by atoms with Gasteiger partial charge in [0, 0.05) is 21.1 Å². The predicted molar refractivity (Wildman–Crippen MR) is 137 cm³/mol. The van der Waals surface area contributed by atoms with Gasteiger partial charge in [-0.05, 0) is 43.2 Å². The Morgan fingerprint density at radius 1 is 1.06 bits per heavy atom. The van der Waals surface area contributed by atoms with Gasteiger partial charge >= 0.3 is 0 Å². The Hall–Kier alpha value is -3.14. The van der Waals surface area contributed by atoms with Gasteiger partial charge in [0.05, 0.1) is 11.1 Å². The SMILES string of the molecule is Cc1cc(S(=O)(=O)/N=C(\N)n2nc(C)c3ccccc3c2=O)c(SCc2ccccc2)cc1Cl. The first-order valence-electron chi connectivity index (χ1n) is 10.2. The number of thioether (sulfide) groups is 1. The highest BCUT2D eigenvalue weighted by molar-refractivity contribution is 7.99. The molecule has 7 nitrogen and oxygen atoms in total. The highest BCUT2D eigenvalue weighted by Gasteiger charge is 2.22. The molecule has 0 aliphatic carbocycles. The van der Waals surface area contributed by atoms with Crippen molar-refractivity contribution < 1.29 is 8.42 Å². The molecule has 1 heterocycles. The molecule has 2 N–H and O–H groups in total. The van der Waals surface area contributed by atoms with Crippen LogP contribution in [0.3, 0.4) is 0 Å². The maximum absolute atomic E-state index is 13.3. The molecule has 0 atom stereocenters. The van der Waals surface area contributed by atoms with Crippen molar-refractivity contribution in [2.45, 2.75) is 29.4 Å². The number of halogens is 1. The summed E-state index contributed by atoms with van der Waals surface area (Å²) >= 11 is 7.61. The average Bonchev–Trinajstić information content (AvgIpc) is 2.82. The minimum atomic E-state index is -4.28. The van der Waals surface area contributed by atoms with Crippen LogP contribution >= 0.6 is 23.4 Å². The summed E-state index contributed by atoms with van der Waals surface area (Å²) in [6.45, 7) is 3.42. The van der Waals surface area contributed by atoms with Gasteiger partial charge in [-0.3, -0.25) is 4.79 Å². The number of rotatable bonds is 5. The van der Waals surface area contributed by atoms with E-state index >= 15 is 0 Å². The van der Waals surface area contributed by atoms with Crippen molar-refractivity contribution in [3.05, 3.63) is 98.9 Å². The number of sulfonamides is 1. The van der Waals surface area contributed by atoms with Crippen LogP contribution in [0.15, 0.2) is 85.7 Å². The maximum atomic E-state index is 13.3. The van der Waals surface area contributed by atoms with Gasteiger partial charge in [-0.2, -0.15) is 18.2 Å². The zero-order valence-corrected chi connectivity index (χ0v) is 20.8. The molecule has 34 heavy (non-hydrogen) atoms. The molecule has 0 bridgehead atoms. The van der Waals surface area contributed by atoms with E-state index in [2.05, 4.69) is 9.50 Å². The molecule has 3 aromatic carbocycles. The third-order valence-electron chi connectivity index (χ3n) is 5.16. The normalized spacial score (nSPS) is 12.3. The quantitative estimate of drug-likeness (QED) is 0.239. The van der Waals surface area contributed by atoms with Crippen LogP contribution in [-0.4, -0.2) is 24.2 Å². The molecule has 10 heteroatoms. The van der Waals surface area contributed by atoms with Crippen LogP contribution < -0.4 is 11.3 Å². The first kappa shape index (κ1) is 24.0. The lowest BCUT2D eigenvalue weighted by atomic mass is 10.1. The van der Waals surface area contributed by atoms with Gasteiger partial charge in [0.25, 0.3) is 15.6 Å². The van der Waals surface area contributed by atoms with Crippen LogP contribution in [0.25, 0.3) is 10.8 Å². The van der Waals surface area contributed by atoms with Gasteiger partial charge in [0.2, 0.25) is 5.96 Å². The van der Waals surface area contributed by atoms with E-state index in [0.29, 0.717) is 37.7 Å². The van der Waals surface area contributed by atoms with Gasteiger partial charge < -0.3 is 5.73 Å². The van der Waals surface area contributed by atoms with E-state index in [-0.39, 0.29) is 4.90 Å². The zero-order valence-electron chi connectivity index (χ0n) is 18.4. The summed E-state index contributed by atoms with van der Waals surface area (Å²) in [5.41, 5.74) is 7.57. The summed E-state index contributed by atoms with van der Waals surface area (Å²) in [4.78, 5) is 13.3. The highest BCUT2D eigenvalue weighted by atomic mass is 35.5. The molecular weight excluding hydrogens is 492 g/mol. The molecule has 4 aromatic rings. The van der Waals surface area contributed by atoms with Gasteiger partial charge in [-0.15, -0.1) is 16.2 Å². The third-order valence-corrected chi connectivity index (χ3v) is 8.14. The van der Waals surface area contributed by atoms with Gasteiger partial charge in [0.15, 0.2) is 0 Å². The topological polar surface area (TPSA) is 107 Å². The Morgan fingerprint density at radius 2 is 1.71 bits per heavy atom. The summed E-state index contributed by atoms with van der Waals surface area (Å²) in [7, 11) is -4.28. The number of hydrogen-bond acceptors (Lipinski definition) is 5. The summed E-state index contributed by atoms with van der Waals surface area (Å²) in [5.74, 6) is -0.00205. The molecule has 0 fully saturated rings. The molecule has 0 aliphatic heterocycles. The molecule has 0 unspecified atom stereocenters. The van der Waals surface area contributed by atoms with Crippen molar-refractivity contribution in [1.29, 1.82) is 0 Å². The van der Waals surface area contributed by atoms with Crippen molar-refractivity contribution in [2.24, 2.45) is 10.1 Å². The van der Waals surface area contributed by atoms with E-state index in [1.807, 2.05) is 30.3 Å². The number of benzene rings is 3. The number of fused-ring (bicyclic) bond motifs is 1. The summed E-state index contributed by atoms with van der Waals surface area (Å²) in [6.07, 6.45) is 0. The fraction of sp³-hybridized carbons (Fsp3) is 0.125.